The van der Waals surface area contributed by atoms with Crippen molar-refractivity contribution < 1.29 is 4.57 Å². The van der Waals surface area contributed by atoms with Gasteiger partial charge in [0.1, 0.15) is 6.54 Å². The SMILES string of the molecule is c1ccc(-n2c3ncccc3n3c4[n+](cc23)Cc2ncccc2-4)cc1. The molecule has 0 saturated carbocycles. The lowest BCUT2D eigenvalue weighted by atomic mass is 10.2. The summed E-state index contributed by atoms with van der Waals surface area (Å²) in [6.45, 7) is 0.809. The van der Waals surface area contributed by atoms with Crippen LogP contribution in [-0.4, -0.2) is 18.9 Å². The third-order valence-electron chi connectivity index (χ3n) is 4.90. The average Bonchev–Trinajstić information content (AvgIpc) is 3.28. The van der Waals surface area contributed by atoms with Crippen LogP contribution in [-0.2, 0) is 6.54 Å². The normalized spacial score (nSPS) is 12.6. The first-order valence-electron chi connectivity index (χ1n) is 8.32. The monoisotopic (exact) mass is 324 g/mol. The molecule has 25 heavy (non-hydrogen) atoms. The molecule has 5 nitrogen and oxygen atoms in total. The third kappa shape index (κ3) is 1.59. The molecule has 1 aliphatic heterocycles. The van der Waals surface area contributed by atoms with Crippen molar-refractivity contribution in [2.45, 2.75) is 6.54 Å². The molecule has 0 fully saturated rings. The zero-order valence-corrected chi connectivity index (χ0v) is 13.4. The number of hydrogen-bond donors (Lipinski definition) is 0. The van der Waals surface area contributed by atoms with Gasteiger partial charge in [0, 0.05) is 12.4 Å². The maximum absolute atomic E-state index is 4.67. The highest BCUT2D eigenvalue weighted by Crippen LogP contribution is 2.32. The van der Waals surface area contributed by atoms with Gasteiger partial charge in [-0.15, -0.1) is 0 Å². The fourth-order valence-corrected chi connectivity index (χ4v) is 3.89. The van der Waals surface area contributed by atoms with Crippen LogP contribution in [0.25, 0.3) is 33.9 Å². The Bertz CT molecular complexity index is 1260. The summed E-state index contributed by atoms with van der Waals surface area (Å²) in [6.07, 6.45) is 5.91. The number of imidazole rings is 2. The van der Waals surface area contributed by atoms with Gasteiger partial charge in [-0.1, -0.05) is 18.2 Å². The van der Waals surface area contributed by atoms with E-state index < -0.39 is 0 Å². The van der Waals surface area contributed by atoms with Gasteiger partial charge in [-0.2, -0.15) is 4.40 Å². The lowest BCUT2D eigenvalue weighted by Crippen LogP contribution is -2.30. The first-order valence-corrected chi connectivity index (χ1v) is 8.32. The zero-order valence-electron chi connectivity index (χ0n) is 13.4. The number of hydrogen-bond acceptors (Lipinski definition) is 2. The van der Waals surface area contributed by atoms with E-state index in [1.165, 1.54) is 11.4 Å². The van der Waals surface area contributed by atoms with Crippen LogP contribution >= 0.6 is 0 Å². The van der Waals surface area contributed by atoms with E-state index in [4.69, 9.17) is 0 Å². The summed E-state index contributed by atoms with van der Waals surface area (Å²) in [6, 6.07) is 18.7. The fourth-order valence-electron chi connectivity index (χ4n) is 3.89. The Morgan fingerprint density at radius 3 is 2.64 bits per heavy atom. The Morgan fingerprint density at radius 1 is 0.880 bits per heavy atom. The van der Waals surface area contributed by atoms with Crippen molar-refractivity contribution in [3.63, 3.8) is 0 Å². The smallest absolute Gasteiger partial charge is 0.256 e. The second-order valence-electron chi connectivity index (χ2n) is 6.29. The molecule has 5 aromatic rings. The minimum atomic E-state index is 0.809. The lowest BCUT2D eigenvalue weighted by Gasteiger charge is -2.01. The van der Waals surface area contributed by atoms with Gasteiger partial charge in [-0.25, -0.2) is 9.55 Å². The Balaban J connectivity index is 1.81. The topological polar surface area (TPSA) is 39.0 Å². The average molecular weight is 324 g/mol. The third-order valence-corrected chi connectivity index (χ3v) is 4.90. The molecule has 0 aliphatic carbocycles. The van der Waals surface area contributed by atoms with Crippen LogP contribution < -0.4 is 4.57 Å². The van der Waals surface area contributed by atoms with Crippen LogP contribution in [0, 0.1) is 0 Å². The van der Waals surface area contributed by atoms with Gasteiger partial charge >= 0.3 is 0 Å². The van der Waals surface area contributed by atoms with Crippen molar-refractivity contribution in [2.24, 2.45) is 0 Å². The van der Waals surface area contributed by atoms with E-state index in [2.05, 4.69) is 66.1 Å². The highest BCUT2D eigenvalue weighted by Gasteiger charge is 2.34. The summed E-state index contributed by atoms with van der Waals surface area (Å²) < 4.78 is 6.79. The number of aromatic nitrogens is 5. The molecule has 118 valence electrons. The highest BCUT2D eigenvalue weighted by molar-refractivity contribution is 5.83. The van der Waals surface area contributed by atoms with Gasteiger partial charge in [0.15, 0.2) is 17.4 Å². The lowest BCUT2D eigenvalue weighted by molar-refractivity contribution is -0.670. The largest absolute Gasteiger partial charge is 0.298 e. The van der Waals surface area contributed by atoms with Crippen molar-refractivity contribution in [3.8, 4) is 17.1 Å². The molecule has 0 amide bonds. The van der Waals surface area contributed by atoms with Crippen molar-refractivity contribution in [1.29, 1.82) is 0 Å². The Kier molecular flexibility index (Phi) is 2.34. The minimum Gasteiger partial charge on any atom is -0.256 e. The predicted molar refractivity (Wildman–Crippen MR) is 94.6 cm³/mol. The van der Waals surface area contributed by atoms with E-state index in [0.29, 0.717) is 0 Å². The summed E-state index contributed by atoms with van der Waals surface area (Å²) in [5.74, 6) is 1.17. The summed E-state index contributed by atoms with van der Waals surface area (Å²) in [5, 5.41) is 0. The van der Waals surface area contributed by atoms with E-state index in [9.17, 15) is 0 Å². The van der Waals surface area contributed by atoms with Crippen molar-refractivity contribution in [1.82, 2.24) is 18.9 Å². The van der Waals surface area contributed by atoms with Crippen LogP contribution in [0.5, 0.6) is 0 Å². The van der Waals surface area contributed by atoms with Crippen LogP contribution in [0.15, 0.2) is 73.2 Å². The number of nitrogens with zero attached hydrogens (tertiary/aromatic N) is 5. The van der Waals surface area contributed by atoms with Gasteiger partial charge in [-0.3, -0.25) is 9.55 Å². The zero-order chi connectivity index (χ0) is 16.4. The molecule has 1 aliphatic rings. The number of pyridine rings is 2. The summed E-state index contributed by atoms with van der Waals surface area (Å²) in [5.41, 5.74) is 6.61. The predicted octanol–water partition coefficient (Wildman–Crippen LogP) is 2.99. The first kappa shape index (κ1) is 12.9. The molecule has 0 N–H and O–H groups in total. The number of benzene rings is 1. The van der Waals surface area contributed by atoms with Crippen molar-refractivity contribution >= 4 is 16.8 Å². The van der Waals surface area contributed by atoms with E-state index >= 15 is 0 Å². The van der Waals surface area contributed by atoms with Crippen molar-refractivity contribution in [3.05, 3.63) is 78.9 Å². The maximum atomic E-state index is 4.67. The molecule has 0 unspecified atom stereocenters. The van der Waals surface area contributed by atoms with Crippen LogP contribution in [0.4, 0.5) is 0 Å². The Labute approximate surface area is 143 Å². The molecule has 4 aromatic heterocycles. The molecule has 0 bridgehead atoms. The Hall–Kier alpha value is -3.47. The molecule has 6 rings (SSSR count). The van der Waals surface area contributed by atoms with Gasteiger partial charge < -0.3 is 0 Å². The van der Waals surface area contributed by atoms with E-state index in [1.54, 1.807) is 0 Å². The maximum Gasteiger partial charge on any atom is 0.298 e. The number of para-hydroxylation sites is 1. The molecular weight excluding hydrogens is 310 g/mol. The van der Waals surface area contributed by atoms with Gasteiger partial charge in [0.05, 0.1) is 16.9 Å². The molecule has 0 atom stereocenters. The number of fused-ring (bicyclic) bond motifs is 7. The van der Waals surface area contributed by atoms with Crippen LogP contribution in [0.3, 0.4) is 0 Å². The minimum absolute atomic E-state index is 0.809. The van der Waals surface area contributed by atoms with E-state index in [0.717, 1.165) is 34.7 Å². The standard InChI is InChI=1S/C20H14N5/c1-2-6-14(7-3-1)24-18-13-23-12-16-15(8-4-10-21-16)20(23)25(18)17-9-5-11-22-19(17)24/h1-11,13H,12H2/q+1. The quantitative estimate of drug-likeness (QED) is 0.436. The molecule has 0 radical (unpaired) electrons. The highest BCUT2D eigenvalue weighted by atomic mass is 15.3. The summed E-state index contributed by atoms with van der Waals surface area (Å²) in [7, 11) is 0. The van der Waals surface area contributed by atoms with Crippen molar-refractivity contribution in [2.75, 3.05) is 0 Å². The number of rotatable bonds is 1. The summed E-state index contributed by atoms with van der Waals surface area (Å²) in [4.78, 5) is 9.21. The van der Waals surface area contributed by atoms with Gasteiger partial charge in [0.2, 0.25) is 0 Å². The first-order chi connectivity index (χ1) is 12.4. The molecule has 1 aromatic carbocycles. The molecule has 5 heteroatoms. The molecule has 0 saturated heterocycles. The van der Waals surface area contributed by atoms with Gasteiger partial charge in [0.25, 0.3) is 11.5 Å². The molecular formula is C20H14N5+. The second-order valence-corrected chi connectivity index (χ2v) is 6.29. The van der Waals surface area contributed by atoms with E-state index in [1.807, 2.05) is 30.6 Å². The van der Waals surface area contributed by atoms with Gasteiger partial charge in [-0.05, 0) is 36.4 Å². The second kappa shape index (κ2) is 4.54. The summed E-state index contributed by atoms with van der Waals surface area (Å²) >= 11 is 0. The molecule has 0 spiro atoms. The van der Waals surface area contributed by atoms with Crippen LogP contribution in [0.1, 0.15) is 5.69 Å². The van der Waals surface area contributed by atoms with E-state index in [-0.39, 0.29) is 0 Å². The van der Waals surface area contributed by atoms with Crippen LogP contribution in [0.2, 0.25) is 0 Å². The fraction of sp³-hybridized carbons (Fsp3) is 0.0500. The Morgan fingerprint density at radius 2 is 1.72 bits per heavy atom. The molecule has 5 heterocycles.